The molecular formula is C16H24BrClN2. The van der Waals surface area contributed by atoms with Gasteiger partial charge in [0.15, 0.2) is 0 Å². The number of rotatable bonds is 5. The topological polar surface area (TPSA) is 15.3 Å². The van der Waals surface area contributed by atoms with E-state index in [1.54, 1.807) is 0 Å². The number of hydrogen-bond donors (Lipinski definition) is 1. The van der Waals surface area contributed by atoms with Crippen LogP contribution in [0, 0.1) is 0 Å². The van der Waals surface area contributed by atoms with Crippen LogP contribution in [0.1, 0.15) is 37.7 Å². The Morgan fingerprint density at radius 2 is 1.95 bits per heavy atom. The predicted octanol–water partition coefficient (Wildman–Crippen LogP) is 4.46. The van der Waals surface area contributed by atoms with Gasteiger partial charge in [0.05, 0.1) is 0 Å². The third-order valence-electron chi connectivity index (χ3n) is 4.52. The average Bonchev–Trinajstić information content (AvgIpc) is 2.42. The third-order valence-corrected chi connectivity index (χ3v) is 5.36. The van der Waals surface area contributed by atoms with Gasteiger partial charge in [-0.25, -0.2) is 0 Å². The molecule has 0 heterocycles. The molecule has 0 aliphatic heterocycles. The lowest BCUT2D eigenvalue weighted by Gasteiger charge is -2.43. The van der Waals surface area contributed by atoms with Crippen molar-refractivity contribution in [3.05, 3.63) is 33.3 Å². The number of nitrogens with one attached hydrogen (secondary N) is 1. The lowest BCUT2D eigenvalue weighted by molar-refractivity contribution is 0.0984. The molecule has 0 spiro atoms. The summed E-state index contributed by atoms with van der Waals surface area (Å²) in [6.07, 6.45) is 6.66. The van der Waals surface area contributed by atoms with Crippen molar-refractivity contribution >= 4 is 27.5 Å². The van der Waals surface area contributed by atoms with Gasteiger partial charge in [-0.1, -0.05) is 52.9 Å². The van der Waals surface area contributed by atoms with Crippen molar-refractivity contribution in [2.75, 3.05) is 20.6 Å². The molecule has 0 amide bonds. The van der Waals surface area contributed by atoms with E-state index < -0.39 is 0 Å². The zero-order valence-corrected chi connectivity index (χ0v) is 14.7. The van der Waals surface area contributed by atoms with Crippen LogP contribution < -0.4 is 5.32 Å². The van der Waals surface area contributed by atoms with E-state index in [0.717, 1.165) is 22.6 Å². The Morgan fingerprint density at radius 3 is 2.55 bits per heavy atom. The zero-order chi connectivity index (χ0) is 14.6. The molecule has 2 nitrogen and oxygen atoms in total. The van der Waals surface area contributed by atoms with Crippen LogP contribution in [0.25, 0.3) is 0 Å². The maximum absolute atomic E-state index is 6.27. The number of hydrogen-bond acceptors (Lipinski definition) is 2. The minimum absolute atomic E-state index is 0.320. The zero-order valence-electron chi connectivity index (χ0n) is 12.4. The Labute approximate surface area is 136 Å². The summed E-state index contributed by atoms with van der Waals surface area (Å²) in [5.74, 6) is 0. The first-order valence-electron chi connectivity index (χ1n) is 7.36. The molecule has 1 aliphatic rings. The first-order chi connectivity index (χ1) is 9.53. The van der Waals surface area contributed by atoms with E-state index in [1.165, 1.54) is 37.7 Å². The molecule has 0 radical (unpaired) electrons. The summed E-state index contributed by atoms with van der Waals surface area (Å²) in [7, 11) is 4.42. The second kappa shape index (κ2) is 7.26. The highest BCUT2D eigenvalue weighted by molar-refractivity contribution is 9.10. The second-order valence-corrected chi connectivity index (χ2v) is 7.34. The Hall–Kier alpha value is -0.0900. The lowest BCUT2D eigenvalue weighted by Crippen LogP contribution is -2.52. The first kappa shape index (κ1) is 16.3. The maximum Gasteiger partial charge on any atom is 0.0462 e. The Bertz CT molecular complexity index is 442. The first-order valence-corrected chi connectivity index (χ1v) is 8.53. The van der Waals surface area contributed by atoms with Gasteiger partial charge in [0.2, 0.25) is 0 Å². The summed E-state index contributed by atoms with van der Waals surface area (Å²) in [6.45, 7) is 1.87. The molecule has 1 aromatic carbocycles. The van der Waals surface area contributed by atoms with Crippen LogP contribution in [0.4, 0.5) is 0 Å². The second-order valence-electron chi connectivity index (χ2n) is 6.02. The Kier molecular flexibility index (Phi) is 5.91. The molecule has 112 valence electrons. The molecule has 2 rings (SSSR count). The summed E-state index contributed by atoms with van der Waals surface area (Å²) in [5.41, 5.74) is 1.49. The summed E-state index contributed by atoms with van der Waals surface area (Å²) in [5, 5.41) is 4.44. The normalized spacial score (nSPS) is 18.4. The van der Waals surface area contributed by atoms with Gasteiger partial charge in [-0.15, -0.1) is 0 Å². The molecule has 20 heavy (non-hydrogen) atoms. The standard InChI is InChI=1S/C16H24BrClN2/c1-20(2)16(8-4-3-5-9-16)12-19-11-13-6-7-14(17)10-15(13)18/h6-7,10,19H,3-5,8-9,11-12H2,1-2H3. The minimum Gasteiger partial charge on any atom is -0.311 e. The van der Waals surface area contributed by atoms with Crippen molar-refractivity contribution < 1.29 is 0 Å². The fraction of sp³-hybridized carbons (Fsp3) is 0.625. The molecule has 1 N–H and O–H groups in total. The average molecular weight is 360 g/mol. The largest absolute Gasteiger partial charge is 0.311 e. The van der Waals surface area contributed by atoms with E-state index >= 15 is 0 Å². The van der Waals surface area contributed by atoms with Crippen molar-refractivity contribution in [3.63, 3.8) is 0 Å². The SMILES string of the molecule is CN(C)C1(CNCc2ccc(Br)cc2Cl)CCCCC1. The van der Waals surface area contributed by atoms with Crippen molar-refractivity contribution in [3.8, 4) is 0 Å². The molecule has 0 unspecified atom stereocenters. The minimum atomic E-state index is 0.320. The summed E-state index contributed by atoms with van der Waals surface area (Å²) >= 11 is 9.71. The van der Waals surface area contributed by atoms with Gasteiger partial charge in [0.25, 0.3) is 0 Å². The van der Waals surface area contributed by atoms with Gasteiger partial charge in [0, 0.05) is 28.1 Å². The predicted molar refractivity (Wildman–Crippen MR) is 90.4 cm³/mol. The van der Waals surface area contributed by atoms with E-state index in [2.05, 4.69) is 46.3 Å². The number of benzene rings is 1. The van der Waals surface area contributed by atoms with Crippen LogP contribution >= 0.6 is 27.5 Å². The van der Waals surface area contributed by atoms with Gasteiger partial charge in [-0.05, 0) is 44.6 Å². The van der Waals surface area contributed by atoms with Crippen LogP contribution in [-0.2, 0) is 6.54 Å². The Morgan fingerprint density at radius 1 is 1.25 bits per heavy atom. The number of likely N-dealkylation sites (N-methyl/N-ethyl adjacent to an activating group) is 1. The van der Waals surface area contributed by atoms with E-state index in [-0.39, 0.29) is 0 Å². The van der Waals surface area contributed by atoms with Crippen molar-refractivity contribution in [2.45, 2.75) is 44.2 Å². The fourth-order valence-electron chi connectivity index (χ4n) is 3.09. The molecule has 0 atom stereocenters. The molecule has 0 saturated heterocycles. The number of nitrogens with zero attached hydrogens (tertiary/aromatic N) is 1. The molecule has 1 aliphatic carbocycles. The van der Waals surface area contributed by atoms with Crippen molar-refractivity contribution in [1.29, 1.82) is 0 Å². The fourth-order valence-corrected chi connectivity index (χ4v) is 3.83. The van der Waals surface area contributed by atoms with E-state index in [9.17, 15) is 0 Å². The summed E-state index contributed by atoms with van der Waals surface area (Å²) in [4.78, 5) is 2.41. The quantitative estimate of drug-likeness (QED) is 0.835. The van der Waals surface area contributed by atoms with Gasteiger partial charge >= 0.3 is 0 Å². The number of halogens is 2. The van der Waals surface area contributed by atoms with Gasteiger partial charge < -0.3 is 10.2 Å². The lowest BCUT2D eigenvalue weighted by atomic mass is 9.80. The molecule has 0 aromatic heterocycles. The van der Waals surface area contributed by atoms with Gasteiger partial charge in [0.1, 0.15) is 0 Å². The maximum atomic E-state index is 6.27. The monoisotopic (exact) mass is 358 g/mol. The summed E-state index contributed by atoms with van der Waals surface area (Å²) in [6, 6.07) is 6.09. The highest BCUT2D eigenvalue weighted by Gasteiger charge is 2.33. The molecule has 1 fully saturated rings. The van der Waals surface area contributed by atoms with E-state index in [1.807, 2.05) is 12.1 Å². The third kappa shape index (κ3) is 3.97. The van der Waals surface area contributed by atoms with Crippen LogP contribution in [0.5, 0.6) is 0 Å². The highest BCUT2D eigenvalue weighted by Crippen LogP contribution is 2.31. The van der Waals surface area contributed by atoms with E-state index in [0.29, 0.717) is 5.54 Å². The van der Waals surface area contributed by atoms with Gasteiger partial charge in [-0.2, -0.15) is 0 Å². The van der Waals surface area contributed by atoms with Crippen molar-refractivity contribution in [1.82, 2.24) is 10.2 Å². The van der Waals surface area contributed by atoms with Crippen LogP contribution in [0.2, 0.25) is 5.02 Å². The smallest absolute Gasteiger partial charge is 0.0462 e. The Balaban J connectivity index is 1.93. The molecule has 0 bridgehead atoms. The molecule has 1 aromatic rings. The van der Waals surface area contributed by atoms with Crippen LogP contribution in [0.15, 0.2) is 22.7 Å². The van der Waals surface area contributed by atoms with Gasteiger partial charge in [-0.3, -0.25) is 0 Å². The van der Waals surface area contributed by atoms with Crippen LogP contribution in [0.3, 0.4) is 0 Å². The molecular weight excluding hydrogens is 336 g/mol. The highest BCUT2D eigenvalue weighted by atomic mass is 79.9. The van der Waals surface area contributed by atoms with E-state index in [4.69, 9.17) is 11.6 Å². The van der Waals surface area contributed by atoms with Crippen LogP contribution in [-0.4, -0.2) is 31.1 Å². The molecule has 4 heteroatoms. The molecule has 1 saturated carbocycles. The summed E-state index contributed by atoms with van der Waals surface area (Å²) < 4.78 is 1.03. The van der Waals surface area contributed by atoms with Crippen molar-refractivity contribution in [2.24, 2.45) is 0 Å².